The van der Waals surface area contributed by atoms with Crippen molar-refractivity contribution in [2.24, 2.45) is 4.40 Å². The number of hydrogen-bond donors (Lipinski definition) is 0. The molecule has 0 bridgehead atoms. The molecule has 0 spiro atoms. The van der Waals surface area contributed by atoms with E-state index in [0.29, 0.717) is 5.84 Å². The fraction of sp³-hybridized carbons (Fsp3) is 0.222. The van der Waals surface area contributed by atoms with E-state index < -0.39 is 9.24 Å². The van der Waals surface area contributed by atoms with Crippen molar-refractivity contribution in [1.82, 2.24) is 0 Å². The van der Waals surface area contributed by atoms with Gasteiger partial charge in [-0.25, -0.2) is 0 Å². The highest BCUT2D eigenvalue weighted by atomic mass is 35.7. The highest BCUT2D eigenvalue weighted by molar-refractivity contribution is 8.12. The highest BCUT2D eigenvalue weighted by Crippen LogP contribution is 2.12. The first-order valence-corrected chi connectivity index (χ1v) is 6.47. The molecule has 0 heterocycles. The Morgan fingerprint density at radius 2 is 1.87 bits per heavy atom. The Balaban J connectivity index is 2.97. The van der Waals surface area contributed by atoms with Gasteiger partial charge in [0.25, 0.3) is 0 Å². The molecule has 0 atom stereocenters. The van der Waals surface area contributed by atoms with E-state index in [1.807, 2.05) is 30.3 Å². The van der Waals surface area contributed by atoms with E-state index >= 15 is 0 Å². The van der Waals surface area contributed by atoms with Crippen LogP contribution in [0.2, 0.25) is 0 Å². The zero-order valence-electron chi connectivity index (χ0n) is 8.38. The van der Waals surface area contributed by atoms with E-state index in [4.69, 9.17) is 10.7 Å². The first-order chi connectivity index (χ1) is 6.90. The summed E-state index contributed by atoms with van der Waals surface area (Å²) in [6.07, 6.45) is 0. The van der Waals surface area contributed by atoms with Crippen molar-refractivity contribution in [1.29, 1.82) is 0 Å². The standard InChI is InChI=1S/C9H11ClN2O2S/c1-8(11-15(10,13)14)12(2)9-6-4-3-5-7-9/h3-7H,1-2H3/b11-8+. The monoisotopic (exact) mass is 246 g/mol. The molecule has 0 aliphatic rings. The summed E-state index contributed by atoms with van der Waals surface area (Å²) in [5, 5.41) is 0. The number of para-hydroxylation sites is 1. The molecule has 1 rings (SSSR count). The van der Waals surface area contributed by atoms with Crippen LogP contribution >= 0.6 is 10.7 Å². The molecule has 0 aliphatic carbocycles. The van der Waals surface area contributed by atoms with E-state index in [2.05, 4.69) is 4.40 Å². The van der Waals surface area contributed by atoms with Crippen LogP contribution < -0.4 is 4.90 Å². The quantitative estimate of drug-likeness (QED) is 0.456. The molecule has 6 heteroatoms. The van der Waals surface area contributed by atoms with Gasteiger partial charge < -0.3 is 4.90 Å². The number of amidine groups is 1. The van der Waals surface area contributed by atoms with Gasteiger partial charge in [0, 0.05) is 23.4 Å². The van der Waals surface area contributed by atoms with Crippen molar-refractivity contribution in [2.75, 3.05) is 11.9 Å². The van der Waals surface area contributed by atoms with Crippen LogP contribution in [-0.4, -0.2) is 21.3 Å². The smallest absolute Gasteiger partial charge is 0.332 e. The Kier molecular flexibility index (Phi) is 3.71. The molecule has 4 nitrogen and oxygen atoms in total. The Labute approximate surface area is 93.7 Å². The summed E-state index contributed by atoms with van der Waals surface area (Å²) < 4.78 is 24.8. The molecule has 0 radical (unpaired) electrons. The van der Waals surface area contributed by atoms with Gasteiger partial charge in [0.2, 0.25) is 0 Å². The maximum absolute atomic E-state index is 10.7. The minimum absolute atomic E-state index is 0.316. The van der Waals surface area contributed by atoms with Crippen LogP contribution in [0.5, 0.6) is 0 Å². The van der Waals surface area contributed by atoms with Gasteiger partial charge in [-0.15, -0.1) is 4.40 Å². The van der Waals surface area contributed by atoms with Crippen molar-refractivity contribution in [3.05, 3.63) is 30.3 Å². The average Bonchev–Trinajstić information content (AvgIpc) is 2.15. The number of hydrogen-bond acceptors (Lipinski definition) is 2. The molecular weight excluding hydrogens is 236 g/mol. The van der Waals surface area contributed by atoms with E-state index in [1.165, 1.54) is 0 Å². The molecule has 0 unspecified atom stereocenters. The second-order valence-electron chi connectivity index (χ2n) is 2.95. The molecule has 0 fully saturated rings. The van der Waals surface area contributed by atoms with E-state index in [1.54, 1.807) is 18.9 Å². The molecule has 15 heavy (non-hydrogen) atoms. The number of anilines is 1. The Morgan fingerprint density at radius 3 is 2.33 bits per heavy atom. The van der Waals surface area contributed by atoms with E-state index in [-0.39, 0.29) is 0 Å². The van der Waals surface area contributed by atoms with Gasteiger partial charge in [0.15, 0.2) is 0 Å². The lowest BCUT2D eigenvalue weighted by atomic mass is 10.3. The third kappa shape index (κ3) is 3.89. The first kappa shape index (κ1) is 12.0. The van der Waals surface area contributed by atoms with Gasteiger partial charge >= 0.3 is 9.24 Å². The van der Waals surface area contributed by atoms with E-state index in [0.717, 1.165) is 5.69 Å². The minimum Gasteiger partial charge on any atom is -0.332 e. The Morgan fingerprint density at radius 1 is 1.33 bits per heavy atom. The van der Waals surface area contributed by atoms with Crippen LogP contribution in [0.1, 0.15) is 6.92 Å². The third-order valence-electron chi connectivity index (χ3n) is 1.87. The topological polar surface area (TPSA) is 49.7 Å². The summed E-state index contributed by atoms with van der Waals surface area (Å²) in [4.78, 5) is 1.64. The number of benzene rings is 1. The Bertz CT molecular complexity index is 456. The third-order valence-corrected chi connectivity index (χ3v) is 2.56. The first-order valence-electron chi connectivity index (χ1n) is 4.20. The van der Waals surface area contributed by atoms with E-state index in [9.17, 15) is 8.42 Å². The second-order valence-corrected chi connectivity index (χ2v) is 5.12. The van der Waals surface area contributed by atoms with Crippen LogP contribution in [0, 0.1) is 0 Å². The SMILES string of the molecule is C/C(=N\S(=O)(=O)Cl)N(C)c1ccccc1. The van der Waals surface area contributed by atoms with Crippen molar-refractivity contribution < 1.29 is 8.42 Å². The molecule has 0 N–H and O–H groups in total. The lowest BCUT2D eigenvalue weighted by Crippen LogP contribution is -2.23. The molecule has 1 aromatic carbocycles. The Hall–Kier alpha value is -1.07. The lowest BCUT2D eigenvalue weighted by molar-refractivity contribution is 0.611. The predicted molar refractivity (Wildman–Crippen MR) is 62.7 cm³/mol. The van der Waals surface area contributed by atoms with Gasteiger partial charge in [-0.1, -0.05) is 18.2 Å². The summed E-state index contributed by atoms with van der Waals surface area (Å²) in [7, 11) is 2.88. The van der Waals surface area contributed by atoms with Crippen LogP contribution in [0.3, 0.4) is 0 Å². The van der Waals surface area contributed by atoms with Crippen LogP contribution in [0.25, 0.3) is 0 Å². The number of halogens is 1. The molecule has 0 aliphatic heterocycles. The fourth-order valence-electron chi connectivity index (χ4n) is 1.06. The van der Waals surface area contributed by atoms with Crippen molar-refractivity contribution in [2.45, 2.75) is 6.92 Å². The van der Waals surface area contributed by atoms with Gasteiger partial charge in [-0.05, 0) is 19.1 Å². The summed E-state index contributed by atoms with van der Waals surface area (Å²) >= 11 is 0. The molecule has 0 aromatic heterocycles. The molecule has 1 aromatic rings. The van der Waals surface area contributed by atoms with Gasteiger partial charge in [-0.2, -0.15) is 8.42 Å². The van der Waals surface area contributed by atoms with Gasteiger partial charge in [0.1, 0.15) is 5.84 Å². The summed E-state index contributed by atoms with van der Waals surface area (Å²) in [6, 6.07) is 9.28. The molecule has 0 amide bonds. The van der Waals surface area contributed by atoms with Gasteiger partial charge in [0.05, 0.1) is 0 Å². The van der Waals surface area contributed by atoms with Crippen molar-refractivity contribution >= 4 is 31.4 Å². The molecule has 0 saturated heterocycles. The molecule has 82 valence electrons. The van der Waals surface area contributed by atoms with Crippen LogP contribution in [0.15, 0.2) is 34.7 Å². The fourth-order valence-corrected chi connectivity index (χ4v) is 1.80. The zero-order chi connectivity index (χ0) is 11.5. The number of nitrogens with zero attached hydrogens (tertiary/aromatic N) is 2. The predicted octanol–water partition coefficient (Wildman–Crippen LogP) is 2.02. The largest absolute Gasteiger partial charge is 0.341 e. The van der Waals surface area contributed by atoms with Crippen molar-refractivity contribution in [3.63, 3.8) is 0 Å². The van der Waals surface area contributed by atoms with Crippen molar-refractivity contribution in [3.8, 4) is 0 Å². The minimum atomic E-state index is -3.86. The van der Waals surface area contributed by atoms with Crippen LogP contribution in [-0.2, 0) is 9.24 Å². The normalized spacial score (nSPS) is 12.6. The zero-order valence-corrected chi connectivity index (χ0v) is 9.96. The molecular formula is C9H11ClN2O2S. The van der Waals surface area contributed by atoms with Gasteiger partial charge in [-0.3, -0.25) is 0 Å². The maximum atomic E-state index is 10.7. The maximum Gasteiger partial charge on any atom is 0.341 e. The molecule has 0 saturated carbocycles. The summed E-state index contributed by atoms with van der Waals surface area (Å²) in [6.45, 7) is 1.58. The second kappa shape index (κ2) is 4.63. The number of rotatable bonds is 2. The van der Waals surface area contributed by atoms with Crippen LogP contribution in [0.4, 0.5) is 5.69 Å². The summed E-state index contributed by atoms with van der Waals surface area (Å²) in [5.41, 5.74) is 0.846. The summed E-state index contributed by atoms with van der Waals surface area (Å²) in [5.74, 6) is 0.316. The average molecular weight is 247 g/mol. The highest BCUT2D eigenvalue weighted by Gasteiger charge is 2.07. The lowest BCUT2D eigenvalue weighted by Gasteiger charge is -2.17.